The van der Waals surface area contributed by atoms with Crippen LogP contribution in [0.2, 0.25) is 0 Å². The van der Waals surface area contributed by atoms with Gasteiger partial charge in [0.05, 0.1) is 23.5 Å². The quantitative estimate of drug-likeness (QED) is 0.754. The topological polar surface area (TPSA) is 85.9 Å². The molecule has 2 heterocycles. The third kappa shape index (κ3) is 3.30. The fraction of sp³-hybridized carbons (Fsp3) is 0.364. The van der Waals surface area contributed by atoms with E-state index in [-0.39, 0.29) is 17.8 Å². The molecule has 2 aromatic rings. The average Bonchev–Trinajstić information content (AvgIpc) is 2.60. The van der Waals surface area contributed by atoms with Gasteiger partial charge in [0.15, 0.2) is 5.43 Å². The predicted molar refractivity (Wildman–Crippen MR) is 107 cm³/mol. The number of Topliss-reactive ketones (excluding diaryl/α,β-unsaturated/α-hetero) is 1. The fourth-order valence-corrected chi connectivity index (χ4v) is 3.94. The molecule has 0 N–H and O–H groups in total. The summed E-state index contributed by atoms with van der Waals surface area (Å²) in [5, 5.41) is 0.409. The Morgan fingerprint density at radius 2 is 1.93 bits per heavy atom. The molecule has 6 heteroatoms. The van der Waals surface area contributed by atoms with Crippen molar-refractivity contribution in [1.82, 2.24) is 0 Å². The molecule has 6 nitrogen and oxygen atoms in total. The highest BCUT2D eigenvalue weighted by Gasteiger charge is 2.41. The van der Waals surface area contributed by atoms with Crippen molar-refractivity contribution in [3.8, 4) is 0 Å². The van der Waals surface area contributed by atoms with Crippen LogP contribution in [-0.2, 0) is 14.3 Å². The van der Waals surface area contributed by atoms with Crippen molar-refractivity contribution in [3.63, 3.8) is 0 Å². The molecule has 0 amide bonds. The van der Waals surface area contributed by atoms with Gasteiger partial charge in [-0.15, -0.1) is 0 Å². The van der Waals surface area contributed by atoms with E-state index in [0.29, 0.717) is 39.3 Å². The Labute approximate surface area is 162 Å². The normalized spacial score (nSPS) is 19.5. The molecule has 2 unspecified atom stereocenters. The molecule has 1 aromatic carbocycles. The van der Waals surface area contributed by atoms with Crippen molar-refractivity contribution in [2.24, 2.45) is 10.9 Å². The number of benzene rings is 1. The van der Waals surface area contributed by atoms with Crippen LogP contribution in [0.15, 0.2) is 49.7 Å². The molecule has 1 aliphatic heterocycles. The van der Waals surface area contributed by atoms with Gasteiger partial charge in [-0.05, 0) is 40.7 Å². The number of aryl methyl sites for hydroxylation is 1. The number of nitrogens with zero attached hydrogens (tertiary/aromatic N) is 1. The van der Waals surface area contributed by atoms with Crippen LogP contribution < -0.4 is 5.43 Å². The Morgan fingerprint density at radius 3 is 2.57 bits per heavy atom. The van der Waals surface area contributed by atoms with E-state index in [1.807, 2.05) is 0 Å². The lowest BCUT2D eigenvalue weighted by Crippen LogP contribution is -2.34. The van der Waals surface area contributed by atoms with Crippen LogP contribution in [0, 0.1) is 12.8 Å². The first-order valence-electron chi connectivity index (χ1n) is 9.23. The van der Waals surface area contributed by atoms with Crippen LogP contribution in [0.1, 0.15) is 44.9 Å². The van der Waals surface area contributed by atoms with E-state index in [1.54, 1.807) is 45.9 Å². The minimum atomic E-state index is -0.639. The molecule has 3 rings (SSSR count). The lowest BCUT2D eigenvalue weighted by Gasteiger charge is -2.31. The second kappa shape index (κ2) is 7.54. The minimum Gasteiger partial charge on any atom is -0.463 e. The number of hydrogen-bond acceptors (Lipinski definition) is 6. The number of esters is 1. The van der Waals surface area contributed by atoms with Crippen molar-refractivity contribution < 1.29 is 18.7 Å². The summed E-state index contributed by atoms with van der Waals surface area (Å²) in [4.78, 5) is 42.2. The van der Waals surface area contributed by atoms with Crippen LogP contribution in [0.25, 0.3) is 11.0 Å². The molecule has 0 bridgehead atoms. The van der Waals surface area contributed by atoms with Crippen LogP contribution >= 0.6 is 0 Å². The lowest BCUT2D eigenvalue weighted by atomic mass is 9.73. The van der Waals surface area contributed by atoms with E-state index in [1.165, 1.54) is 13.0 Å². The molecule has 0 saturated carbocycles. The van der Waals surface area contributed by atoms with Gasteiger partial charge < -0.3 is 9.15 Å². The number of ether oxygens (including phenoxy) is 1. The minimum absolute atomic E-state index is 0.118. The van der Waals surface area contributed by atoms with E-state index in [0.717, 1.165) is 0 Å². The molecule has 28 heavy (non-hydrogen) atoms. The number of carbonyl (C=O) groups is 2. The number of allylic oxidation sites excluding steroid dienone is 1. The Morgan fingerprint density at radius 1 is 1.21 bits per heavy atom. The average molecular weight is 381 g/mol. The molecule has 1 aliphatic rings. The second-order valence-electron chi connectivity index (χ2n) is 6.98. The number of fused-ring (bicyclic) bond motifs is 1. The lowest BCUT2D eigenvalue weighted by molar-refractivity contribution is -0.139. The number of ketones is 1. The SMILES string of the molecule is CCOC(=O)C1=C(C)N=C(C)C(C(C)=O)C1c1cccc2c(=O)cc(C)oc12. The maximum Gasteiger partial charge on any atom is 0.336 e. The smallest absolute Gasteiger partial charge is 0.336 e. The summed E-state index contributed by atoms with van der Waals surface area (Å²) in [5.74, 6) is -1.45. The van der Waals surface area contributed by atoms with Gasteiger partial charge in [0.25, 0.3) is 0 Å². The van der Waals surface area contributed by atoms with E-state index >= 15 is 0 Å². The molecule has 0 radical (unpaired) electrons. The van der Waals surface area contributed by atoms with Gasteiger partial charge in [-0.2, -0.15) is 0 Å². The van der Waals surface area contributed by atoms with Gasteiger partial charge in [0.1, 0.15) is 17.1 Å². The van der Waals surface area contributed by atoms with Crippen molar-refractivity contribution in [1.29, 1.82) is 0 Å². The van der Waals surface area contributed by atoms with E-state index in [2.05, 4.69) is 4.99 Å². The summed E-state index contributed by atoms with van der Waals surface area (Å²) >= 11 is 0. The summed E-state index contributed by atoms with van der Waals surface area (Å²) in [6.45, 7) is 8.61. The van der Waals surface area contributed by atoms with Gasteiger partial charge in [-0.25, -0.2) is 4.79 Å². The Bertz CT molecular complexity index is 1090. The van der Waals surface area contributed by atoms with Gasteiger partial charge in [-0.3, -0.25) is 14.6 Å². The van der Waals surface area contributed by atoms with Crippen molar-refractivity contribution in [3.05, 3.63) is 57.1 Å². The van der Waals surface area contributed by atoms with E-state index in [9.17, 15) is 14.4 Å². The summed E-state index contributed by atoms with van der Waals surface area (Å²) in [6.07, 6.45) is 0. The number of carbonyl (C=O) groups excluding carboxylic acids is 2. The number of para-hydroxylation sites is 1. The zero-order chi connectivity index (χ0) is 20.6. The third-order valence-corrected chi connectivity index (χ3v) is 5.01. The summed E-state index contributed by atoms with van der Waals surface area (Å²) in [7, 11) is 0. The van der Waals surface area contributed by atoms with Gasteiger partial charge in [0.2, 0.25) is 0 Å². The van der Waals surface area contributed by atoms with E-state index in [4.69, 9.17) is 9.15 Å². The highest BCUT2D eigenvalue weighted by molar-refractivity contribution is 6.09. The van der Waals surface area contributed by atoms with Gasteiger partial charge in [-0.1, -0.05) is 12.1 Å². The number of hydrogen-bond donors (Lipinski definition) is 0. The Kier molecular flexibility index (Phi) is 5.31. The standard InChI is InChI=1S/C22H23NO5/c1-6-27-22(26)19-13(4)23-12(3)18(14(5)24)20(19)16-9-7-8-15-17(25)10-11(2)28-21(15)16/h7-10,18,20H,6H2,1-5H3. The Balaban J connectivity index is 2.36. The molecule has 0 saturated heterocycles. The maximum absolute atomic E-state index is 12.8. The molecule has 2 atom stereocenters. The monoisotopic (exact) mass is 381 g/mol. The summed E-state index contributed by atoms with van der Waals surface area (Å²) in [6, 6.07) is 6.63. The maximum atomic E-state index is 12.8. The first-order chi connectivity index (χ1) is 13.3. The first kappa shape index (κ1) is 19.7. The molecular weight excluding hydrogens is 358 g/mol. The second-order valence-corrected chi connectivity index (χ2v) is 6.98. The third-order valence-electron chi connectivity index (χ3n) is 5.01. The van der Waals surface area contributed by atoms with Crippen LogP contribution in [0.3, 0.4) is 0 Å². The molecule has 0 spiro atoms. The van der Waals surface area contributed by atoms with Gasteiger partial charge in [0, 0.05) is 29.0 Å². The van der Waals surface area contributed by atoms with Crippen LogP contribution in [0.4, 0.5) is 0 Å². The number of aliphatic imine (C=N–C) groups is 1. The van der Waals surface area contributed by atoms with Gasteiger partial charge >= 0.3 is 5.97 Å². The summed E-state index contributed by atoms with van der Waals surface area (Å²) in [5.41, 5.74) is 2.27. The van der Waals surface area contributed by atoms with Crippen molar-refractivity contribution in [2.75, 3.05) is 6.61 Å². The molecule has 0 fully saturated rings. The van der Waals surface area contributed by atoms with E-state index < -0.39 is 17.8 Å². The van der Waals surface area contributed by atoms with Crippen molar-refractivity contribution >= 4 is 28.4 Å². The largest absolute Gasteiger partial charge is 0.463 e. The zero-order valence-corrected chi connectivity index (χ0v) is 16.7. The molecule has 1 aromatic heterocycles. The highest BCUT2D eigenvalue weighted by Crippen LogP contribution is 2.42. The highest BCUT2D eigenvalue weighted by atomic mass is 16.5. The number of rotatable bonds is 4. The Hall–Kier alpha value is -3.02. The molecular formula is C22H23NO5. The fourth-order valence-electron chi connectivity index (χ4n) is 3.94. The van der Waals surface area contributed by atoms with Crippen LogP contribution in [0.5, 0.6) is 0 Å². The van der Waals surface area contributed by atoms with Crippen LogP contribution in [-0.4, -0.2) is 24.1 Å². The summed E-state index contributed by atoms with van der Waals surface area (Å²) < 4.78 is 11.1. The predicted octanol–water partition coefficient (Wildman–Crippen LogP) is 3.70. The zero-order valence-electron chi connectivity index (χ0n) is 16.7. The molecule has 146 valence electrons. The molecule has 0 aliphatic carbocycles. The first-order valence-corrected chi connectivity index (χ1v) is 9.23. The van der Waals surface area contributed by atoms with Crippen molar-refractivity contribution in [2.45, 2.75) is 40.5 Å².